The number of aliphatic hydroxyl groups is 1. The van der Waals surface area contributed by atoms with Crippen molar-refractivity contribution in [1.82, 2.24) is 10.3 Å². The predicted octanol–water partition coefficient (Wildman–Crippen LogP) is 5.59. The van der Waals surface area contributed by atoms with Gasteiger partial charge in [0.1, 0.15) is 5.75 Å². The van der Waals surface area contributed by atoms with E-state index in [4.69, 9.17) is 33.0 Å². The van der Waals surface area contributed by atoms with Gasteiger partial charge in [0, 0.05) is 28.8 Å². The molecule has 3 rings (SSSR count). The van der Waals surface area contributed by atoms with Gasteiger partial charge in [-0.05, 0) is 36.4 Å². The van der Waals surface area contributed by atoms with E-state index in [1.165, 1.54) is 42.5 Å². The van der Waals surface area contributed by atoms with E-state index >= 15 is 0 Å². The molecule has 0 radical (unpaired) electrons. The molecule has 10 heteroatoms. The largest absolute Gasteiger partial charge is 0.437 e. The third-order valence-electron chi connectivity index (χ3n) is 4.06. The topological polar surface area (TPSA) is 71.5 Å². The van der Waals surface area contributed by atoms with Crippen LogP contribution in [0, 0.1) is 0 Å². The minimum atomic E-state index is -4.66. The minimum Gasteiger partial charge on any atom is -0.437 e. The summed E-state index contributed by atoms with van der Waals surface area (Å²) in [5, 5.41) is 11.8. The van der Waals surface area contributed by atoms with Crippen molar-refractivity contribution in [3.05, 3.63) is 75.8 Å². The third-order valence-corrected chi connectivity index (χ3v) is 4.59. The second-order valence-corrected chi connectivity index (χ2v) is 7.16. The molecular weight excluding hydrogens is 456 g/mol. The summed E-state index contributed by atoms with van der Waals surface area (Å²) in [5.74, 6) is -0.725. The summed E-state index contributed by atoms with van der Waals surface area (Å²) in [6.45, 7) is -0.195. The average Bonchev–Trinajstić information content (AvgIpc) is 2.73. The molecule has 0 aliphatic rings. The first kappa shape index (κ1) is 22.9. The van der Waals surface area contributed by atoms with E-state index in [1.807, 2.05) is 0 Å². The molecule has 0 fully saturated rings. The van der Waals surface area contributed by atoms with E-state index in [1.54, 1.807) is 0 Å². The molecule has 3 aromatic rings. The van der Waals surface area contributed by atoms with Crippen molar-refractivity contribution >= 4 is 29.1 Å². The number of alkyl halides is 3. The van der Waals surface area contributed by atoms with Gasteiger partial charge < -0.3 is 15.2 Å². The maximum atomic E-state index is 13.5. The SMILES string of the molecule is O=C(NCCO)c1cccc(-c2cc(C(F)(F)F)cc(Oc3ccc(Cl)cc3Cl)n2)c1. The van der Waals surface area contributed by atoms with Crippen LogP contribution in [0.3, 0.4) is 0 Å². The van der Waals surface area contributed by atoms with Gasteiger partial charge in [-0.1, -0.05) is 35.3 Å². The minimum absolute atomic E-state index is 0.0463. The van der Waals surface area contributed by atoms with Gasteiger partial charge in [-0.2, -0.15) is 13.2 Å². The smallest absolute Gasteiger partial charge is 0.416 e. The fraction of sp³-hybridized carbons (Fsp3) is 0.143. The van der Waals surface area contributed by atoms with Crippen LogP contribution in [0.25, 0.3) is 11.3 Å². The highest BCUT2D eigenvalue weighted by Gasteiger charge is 2.32. The van der Waals surface area contributed by atoms with Gasteiger partial charge in [-0.3, -0.25) is 4.79 Å². The van der Waals surface area contributed by atoms with Crippen LogP contribution in [0.15, 0.2) is 54.6 Å². The van der Waals surface area contributed by atoms with Gasteiger partial charge in [0.05, 0.1) is 22.9 Å². The molecule has 0 spiro atoms. The van der Waals surface area contributed by atoms with Gasteiger partial charge in [-0.25, -0.2) is 4.98 Å². The van der Waals surface area contributed by atoms with Gasteiger partial charge in [0.15, 0.2) is 0 Å². The second-order valence-electron chi connectivity index (χ2n) is 6.31. The Bertz CT molecular complexity index is 1110. The zero-order valence-corrected chi connectivity index (χ0v) is 17.2. The highest BCUT2D eigenvalue weighted by molar-refractivity contribution is 6.35. The van der Waals surface area contributed by atoms with Crippen LogP contribution >= 0.6 is 23.2 Å². The van der Waals surface area contributed by atoms with Crippen molar-refractivity contribution < 1.29 is 27.8 Å². The van der Waals surface area contributed by atoms with Crippen molar-refractivity contribution in [2.24, 2.45) is 0 Å². The Balaban J connectivity index is 2.02. The summed E-state index contributed by atoms with van der Waals surface area (Å²) in [7, 11) is 0. The number of aliphatic hydroxyl groups excluding tert-OH is 1. The number of amides is 1. The number of rotatable bonds is 6. The highest BCUT2D eigenvalue weighted by atomic mass is 35.5. The maximum Gasteiger partial charge on any atom is 0.416 e. The van der Waals surface area contributed by atoms with Crippen LogP contribution in [0.2, 0.25) is 10.0 Å². The summed E-state index contributed by atoms with van der Waals surface area (Å²) in [4.78, 5) is 16.3. The van der Waals surface area contributed by atoms with Crippen molar-refractivity contribution in [3.63, 3.8) is 0 Å². The van der Waals surface area contributed by atoms with E-state index in [9.17, 15) is 18.0 Å². The molecule has 1 amide bonds. The number of carbonyl (C=O) groups excluding carboxylic acids is 1. The first-order valence-electron chi connectivity index (χ1n) is 8.89. The van der Waals surface area contributed by atoms with Crippen molar-refractivity contribution in [1.29, 1.82) is 0 Å². The maximum absolute atomic E-state index is 13.5. The first-order chi connectivity index (χ1) is 14.7. The van der Waals surface area contributed by atoms with Gasteiger partial charge >= 0.3 is 6.18 Å². The quantitative estimate of drug-likeness (QED) is 0.492. The lowest BCUT2D eigenvalue weighted by atomic mass is 10.1. The summed E-state index contributed by atoms with van der Waals surface area (Å²) in [6, 6.07) is 11.8. The molecular formula is C21H15Cl2F3N2O3. The van der Waals surface area contributed by atoms with Gasteiger partial charge in [0.25, 0.3) is 5.91 Å². The molecule has 0 saturated heterocycles. The fourth-order valence-corrected chi connectivity index (χ4v) is 3.08. The zero-order chi connectivity index (χ0) is 22.6. The molecule has 0 bridgehead atoms. The molecule has 0 unspecified atom stereocenters. The molecule has 31 heavy (non-hydrogen) atoms. The van der Waals surface area contributed by atoms with E-state index in [-0.39, 0.29) is 46.6 Å². The van der Waals surface area contributed by atoms with Crippen LogP contribution in [-0.4, -0.2) is 29.1 Å². The molecule has 0 aliphatic carbocycles. The summed E-state index contributed by atoms with van der Waals surface area (Å²) < 4.78 is 45.9. The highest BCUT2D eigenvalue weighted by Crippen LogP contribution is 2.37. The van der Waals surface area contributed by atoms with Crippen molar-refractivity contribution in [3.8, 4) is 22.9 Å². The second kappa shape index (κ2) is 9.55. The number of benzene rings is 2. The monoisotopic (exact) mass is 470 g/mol. The van der Waals surface area contributed by atoms with Gasteiger partial charge in [0.2, 0.25) is 5.88 Å². The van der Waals surface area contributed by atoms with Crippen molar-refractivity contribution in [2.75, 3.05) is 13.2 Å². The molecule has 0 atom stereocenters. The molecule has 0 aliphatic heterocycles. The van der Waals surface area contributed by atoms with Crippen LogP contribution in [0.4, 0.5) is 13.2 Å². The zero-order valence-electron chi connectivity index (χ0n) is 15.7. The normalized spacial score (nSPS) is 11.3. The number of ether oxygens (including phenoxy) is 1. The lowest BCUT2D eigenvalue weighted by molar-refractivity contribution is -0.137. The summed E-state index contributed by atoms with van der Waals surface area (Å²) in [5.41, 5.74) is -0.553. The predicted molar refractivity (Wildman–Crippen MR) is 111 cm³/mol. The lowest BCUT2D eigenvalue weighted by Gasteiger charge is -2.13. The fourth-order valence-electron chi connectivity index (χ4n) is 2.63. The Morgan fingerprint density at radius 1 is 1.10 bits per heavy atom. The number of aromatic nitrogens is 1. The third kappa shape index (κ3) is 5.88. The summed E-state index contributed by atoms with van der Waals surface area (Å²) in [6.07, 6.45) is -4.66. The van der Waals surface area contributed by atoms with Crippen molar-refractivity contribution in [2.45, 2.75) is 6.18 Å². The van der Waals surface area contributed by atoms with E-state index in [2.05, 4.69) is 10.3 Å². The number of hydrogen-bond donors (Lipinski definition) is 2. The Hall–Kier alpha value is -2.81. The van der Waals surface area contributed by atoms with E-state index in [0.29, 0.717) is 5.02 Å². The van der Waals surface area contributed by atoms with Crippen LogP contribution in [0.5, 0.6) is 11.6 Å². The first-order valence-corrected chi connectivity index (χ1v) is 9.64. The number of hydrogen-bond acceptors (Lipinski definition) is 4. The average molecular weight is 471 g/mol. The molecule has 2 aromatic carbocycles. The number of nitrogens with zero attached hydrogens (tertiary/aromatic N) is 1. The molecule has 162 valence electrons. The Labute approximate surface area is 185 Å². The van der Waals surface area contributed by atoms with E-state index in [0.717, 1.165) is 12.1 Å². The number of pyridine rings is 1. The molecule has 0 saturated carbocycles. The van der Waals surface area contributed by atoms with Crippen LogP contribution in [-0.2, 0) is 6.18 Å². The molecule has 1 heterocycles. The number of nitrogens with one attached hydrogen (secondary N) is 1. The Morgan fingerprint density at radius 2 is 1.87 bits per heavy atom. The van der Waals surface area contributed by atoms with Crippen LogP contribution in [0.1, 0.15) is 15.9 Å². The Kier molecular flexibility index (Phi) is 7.04. The molecule has 2 N–H and O–H groups in total. The molecule has 1 aromatic heterocycles. The van der Waals surface area contributed by atoms with Crippen LogP contribution < -0.4 is 10.1 Å². The summed E-state index contributed by atoms with van der Waals surface area (Å²) >= 11 is 11.9. The van der Waals surface area contributed by atoms with Gasteiger partial charge in [-0.15, -0.1) is 0 Å². The van der Waals surface area contributed by atoms with E-state index < -0.39 is 17.6 Å². The number of carbonyl (C=O) groups is 1. The standard InChI is InChI=1S/C21H15Cl2F3N2O3/c22-15-4-5-18(16(23)11-15)31-19-10-14(21(24,25)26)9-17(28-19)12-2-1-3-13(8-12)20(30)27-6-7-29/h1-5,8-11,29H,6-7H2,(H,27,30). The Morgan fingerprint density at radius 3 is 2.55 bits per heavy atom. The molecule has 5 nitrogen and oxygen atoms in total. The lowest BCUT2D eigenvalue weighted by Crippen LogP contribution is -2.26. The number of halogens is 5.